The van der Waals surface area contributed by atoms with Crippen molar-refractivity contribution in [1.82, 2.24) is 15.5 Å². The van der Waals surface area contributed by atoms with Gasteiger partial charge in [0.1, 0.15) is 6.04 Å². The minimum atomic E-state index is -4.30. The van der Waals surface area contributed by atoms with Gasteiger partial charge in [-0.2, -0.15) is 13.2 Å². The largest absolute Gasteiger partial charge is 0.405 e. The molecule has 1 aliphatic heterocycles. The van der Waals surface area contributed by atoms with Crippen molar-refractivity contribution in [1.29, 1.82) is 0 Å². The Morgan fingerprint density at radius 1 is 1.32 bits per heavy atom. The van der Waals surface area contributed by atoms with E-state index in [1.165, 1.54) is 4.90 Å². The Kier molecular flexibility index (Phi) is 5.88. The predicted octanol–water partition coefficient (Wildman–Crippen LogP) is 0.770. The van der Waals surface area contributed by atoms with Gasteiger partial charge >= 0.3 is 6.18 Å². The number of carbonyl (C=O) groups is 1. The third-order valence-corrected chi connectivity index (χ3v) is 3.39. The molecule has 1 saturated carbocycles. The first kappa shape index (κ1) is 16.5. The average Bonchev–Trinajstić information content (AvgIpc) is 3.12. The second-order valence-electron chi connectivity index (χ2n) is 4.86. The van der Waals surface area contributed by atoms with Gasteiger partial charge in [-0.05, 0) is 12.8 Å². The number of amides is 1. The summed E-state index contributed by atoms with van der Waals surface area (Å²) >= 11 is 0. The van der Waals surface area contributed by atoms with E-state index < -0.39 is 12.2 Å². The van der Waals surface area contributed by atoms with E-state index in [4.69, 9.17) is 0 Å². The molecule has 1 aliphatic carbocycles. The lowest BCUT2D eigenvalue weighted by Gasteiger charge is -2.35. The third kappa shape index (κ3) is 4.81. The first-order valence-corrected chi connectivity index (χ1v) is 6.27. The highest BCUT2D eigenvalue weighted by molar-refractivity contribution is 5.85. The summed E-state index contributed by atoms with van der Waals surface area (Å²) in [6.45, 7) is 1.51. The lowest BCUT2D eigenvalue weighted by Crippen LogP contribution is -2.57. The molecule has 1 atom stereocenters. The Hall–Kier alpha value is -0.530. The van der Waals surface area contributed by atoms with Crippen molar-refractivity contribution in [2.75, 3.05) is 32.7 Å². The van der Waals surface area contributed by atoms with Crippen LogP contribution in [0.15, 0.2) is 0 Å². The molecule has 0 bridgehead atoms. The highest BCUT2D eigenvalue weighted by Gasteiger charge is 2.44. The molecule has 0 spiro atoms. The number of alkyl halides is 3. The smallest absolute Gasteiger partial charge is 0.354 e. The molecule has 1 unspecified atom stereocenters. The highest BCUT2D eigenvalue weighted by Crippen LogP contribution is 2.29. The summed E-state index contributed by atoms with van der Waals surface area (Å²) in [5, 5.41) is 5.45. The Morgan fingerprint density at radius 2 is 1.89 bits per heavy atom. The maximum atomic E-state index is 13.0. The van der Waals surface area contributed by atoms with Gasteiger partial charge in [-0.1, -0.05) is 0 Å². The van der Waals surface area contributed by atoms with Crippen LogP contribution in [0.25, 0.3) is 0 Å². The molecular weight excluding hydrogens is 283 g/mol. The lowest BCUT2D eigenvalue weighted by atomic mass is 10.2. The monoisotopic (exact) mass is 301 g/mol. The van der Waals surface area contributed by atoms with E-state index in [0.717, 1.165) is 12.8 Å². The third-order valence-electron chi connectivity index (χ3n) is 3.39. The summed E-state index contributed by atoms with van der Waals surface area (Å²) in [4.78, 5) is 12.8. The van der Waals surface area contributed by atoms with Crippen LogP contribution in [0.5, 0.6) is 0 Å². The van der Waals surface area contributed by atoms with Crippen LogP contribution in [-0.4, -0.2) is 55.7 Å². The molecule has 0 aromatic carbocycles. The molecule has 1 amide bonds. The number of nitrogens with one attached hydrogen (secondary N) is 2. The van der Waals surface area contributed by atoms with Crippen LogP contribution in [0.1, 0.15) is 12.8 Å². The van der Waals surface area contributed by atoms with Gasteiger partial charge in [0.15, 0.2) is 0 Å². The molecule has 2 fully saturated rings. The van der Waals surface area contributed by atoms with Crippen LogP contribution in [0.4, 0.5) is 13.2 Å². The number of piperazine rings is 1. The number of rotatable bonds is 4. The van der Waals surface area contributed by atoms with E-state index in [0.29, 0.717) is 26.2 Å². The molecule has 1 saturated heterocycles. The van der Waals surface area contributed by atoms with Crippen LogP contribution >= 0.6 is 12.4 Å². The quantitative estimate of drug-likeness (QED) is 0.806. The Bertz CT molecular complexity index is 304. The van der Waals surface area contributed by atoms with Crippen molar-refractivity contribution in [2.24, 2.45) is 5.92 Å². The van der Waals surface area contributed by atoms with E-state index in [1.807, 2.05) is 0 Å². The topological polar surface area (TPSA) is 44.4 Å². The lowest BCUT2D eigenvalue weighted by molar-refractivity contribution is -0.184. The van der Waals surface area contributed by atoms with Gasteiger partial charge in [0.2, 0.25) is 5.91 Å². The minimum Gasteiger partial charge on any atom is -0.354 e. The second-order valence-corrected chi connectivity index (χ2v) is 4.86. The van der Waals surface area contributed by atoms with Gasteiger partial charge < -0.3 is 10.6 Å². The molecule has 112 valence electrons. The van der Waals surface area contributed by atoms with Gasteiger partial charge in [0.05, 0.1) is 0 Å². The van der Waals surface area contributed by atoms with Gasteiger partial charge in [-0.25, -0.2) is 0 Å². The summed E-state index contributed by atoms with van der Waals surface area (Å²) in [5.41, 5.74) is 0. The summed E-state index contributed by atoms with van der Waals surface area (Å²) in [6, 6.07) is -1.57. The predicted molar refractivity (Wildman–Crippen MR) is 67.3 cm³/mol. The molecule has 0 aromatic rings. The zero-order valence-corrected chi connectivity index (χ0v) is 11.3. The fraction of sp³-hybridized carbons (Fsp3) is 0.909. The SMILES string of the molecule is Cl.O=C(NCC(N1CCNCC1)C(F)(F)F)C1CC1. The molecule has 8 heteroatoms. The van der Waals surface area contributed by atoms with Gasteiger partial charge in [0.25, 0.3) is 0 Å². The standard InChI is InChI=1S/C11H18F3N3O.ClH/c12-11(13,14)9(17-5-3-15-4-6-17)7-16-10(18)8-1-2-8;/h8-9,15H,1-7H2,(H,16,18);1H. The summed E-state index contributed by atoms with van der Waals surface area (Å²) in [7, 11) is 0. The van der Waals surface area contributed by atoms with Crippen molar-refractivity contribution in [3.05, 3.63) is 0 Å². The van der Waals surface area contributed by atoms with Crippen molar-refractivity contribution >= 4 is 18.3 Å². The van der Waals surface area contributed by atoms with Crippen LogP contribution in [0, 0.1) is 5.92 Å². The first-order valence-electron chi connectivity index (χ1n) is 6.27. The molecule has 0 aromatic heterocycles. The zero-order chi connectivity index (χ0) is 13.2. The molecule has 19 heavy (non-hydrogen) atoms. The molecule has 1 heterocycles. The number of nitrogens with zero attached hydrogens (tertiary/aromatic N) is 1. The number of hydrogen-bond donors (Lipinski definition) is 2. The van der Waals surface area contributed by atoms with Gasteiger partial charge in [-0.3, -0.25) is 9.69 Å². The summed E-state index contributed by atoms with van der Waals surface area (Å²) < 4.78 is 38.9. The molecular formula is C11H19ClF3N3O. The summed E-state index contributed by atoms with van der Waals surface area (Å²) in [6.07, 6.45) is -2.69. The van der Waals surface area contributed by atoms with E-state index in [1.54, 1.807) is 0 Å². The van der Waals surface area contributed by atoms with Gasteiger partial charge in [0, 0.05) is 38.6 Å². The minimum absolute atomic E-state index is 0. The Balaban J connectivity index is 0.00000180. The van der Waals surface area contributed by atoms with E-state index in [2.05, 4.69) is 10.6 Å². The molecule has 0 radical (unpaired) electrons. The van der Waals surface area contributed by atoms with Crippen LogP contribution in [-0.2, 0) is 4.79 Å². The van der Waals surface area contributed by atoms with Crippen molar-refractivity contribution in [2.45, 2.75) is 25.1 Å². The van der Waals surface area contributed by atoms with E-state index >= 15 is 0 Å². The number of hydrogen-bond acceptors (Lipinski definition) is 3. The Labute approximate surface area is 116 Å². The molecule has 4 nitrogen and oxygen atoms in total. The van der Waals surface area contributed by atoms with Crippen molar-refractivity contribution < 1.29 is 18.0 Å². The van der Waals surface area contributed by atoms with Crippen LogP contribution < -0.4 is 10.6 Å². The molecule has 2 N–H and O–H groups in total. The molecule has 2 rings (SSSR count). The number of carbonyl (C=O) groups excluding carboxylic acids is 1. The maximum absolute atomic E-state index is 13.0. The second kappa shape index (κ2) is 6.76. The van der Waals surface area contributed by atoms with E-state index in [9.17, 15) is 18.0 Å². The fourth-order valence-corrected chi connectivity index (χ4v) is 2.13. The normalized spacial score (nSPS) is 22.5. The zero-order valence-electron chi connectivity index (χ0n) is 10.5. The first-order chi connectivity index (χ1) is 8.48. The van der Waals surface area contributed by atoms with Crippen molar-refractivity contribution in [3.8, 4) is 0 Å². The summed E-state index contributed by atoms with van der Waals surface area (Å²) in [5.74, 6) is -0.290. The molecule has 2 aliphatic rings. The fourth-order valence-electron chi connectivity index (χ4n) is 2.13. The maximum Gasteiger partial charge on any atom is 0.405 e. The van der Waals surface area contributed by atoms with Crippen LogP contribution in [0.3, 0.4) is 0 Å². The highest BCUT2D eigenvalue weighted by atomic mass is 35.5. The average molecular weight is 302 g/mol. The van der Waals surface area contributed by atoms with Gasteiger partial charge in [-0.15, -0.1) is 12.4 Å². The Morgan fingerprint density at radius 3 is 2.37 bits per heavy atom. The van der Waals surface area contributed by atoms with Crippen LogP contribution in [0.2, 0.25) is 0 Å². The van der Waals surface area contributed by atoms with E-state index in [-0.39, 0.29) is 30.8 Å². The number of halogens is 4. The van der Waals surface area contributed by atoms with Crippen molar-refractivity contribution in [3.63, 3.8) is 0 Å².